The van der Waals surface area contributed by atoms with Gasteiger partial charge in [-0.1, -0.05) is 0 Å². The number of nitrogens with zero attached hydrogens (tertiary/aromatic N) is 4. The second-order valence-electron chi connectivity index (χ2n) is 5.86. The van der Waals surface area contributed by atoms with Crippen LogP contribution in [0, 0.1) is 0 Å². The first-order valence-corrected chi connectivity index (χ1v) is 7.84. The average Bonchev–Trinajstić information content (AvgIpc) is 2.76. The summed E-state index contributed by atoms with van der Waals surface area (Å²) in [5.41, 5.74) is 8.16. The molecule has 4 heterocycles. The van der Waals surface area contributed by atoms with Crippen LogP contribution in [0.25, 0.3) is 11.3 Å². The van der Waals surface area contributed by atoms with E-state index < -0.39 is 0 Å². The van der Waals surface area contributed by atoms with Crippen molar-refractivity contribution in [1.82, 2.24) is 20.4 Å². The Kier molecular flexibility index (Phi) is 3.72. The molecule has 7 nitrogen and oxygen atoms in total. The lowest BCUT2D eigenvalue weighted by Crippen LogP contribution is -2.46. The maximum Gasteiger partial charge on any atom is 0.139 e. The van der Waals surface area contributed by atoms with Gasteiger partial charge in [0, 0.05) is 35.1 Å². The maximum atomic E-state index is 9.26. The molecule has 0 bridgehead atoms. The summed E-state index contributed by atoms with van der Waals surface area (Å²) in [6.45, 7) is 2.62. The third kappa shape index (κ3) is 2.53. The van der Waals surface area contributed by atoms with Crippen LogP contribution in [0.15, 0.2) is 41.8 Å². The Bertz CT molecular complexity index is 831. The molecule has 2 aliphatic heterocycles. The molecular weight excluding hydrogens is 304 g/mol. The molecule has 0 aliphatic carbocycles. The van der Waals surface area contributed by atoms with E-state index in [1.165, 1.54) is 0 Å². The Balaban J connectivity index is 1.81. The first-order chi connectivity index (χ1) is 11.8. The van der Waals surface area contributed by atoms with Gasteiger partial charge in [0.25, 0.3) is 0 Å². The summed E-state index contributed by atoms with van der Waals surface area (Å²) in [7, 11) is 0. The number of hydrazine groups is 1. The molecule has 0 saturated carbocycles. The zero-order valence-corrected chi connectivity index (χ0v) is 13.3. The lowest BCUT2D eigenvalue weighted by molar-refractivity contribution is 0.199. The number of aliphatic hydroxyl groups excluding tert-OH is 1. The van der Waals surface area contributed by atoms with Crippen molar-refractivity contribution >= 4 is 29.1 Å². The molecule has 1 atom stereocenters. The fraction of sp³-hybridized carbons (Fsp3) is 0.235. The number of nitrogens with one attached hydrogen (secondary N) is 2. The molecule has 2 aromatic rings. The molecule has 2 aliphatic rings. The Morgan fingerprint density at radius 1 is 1.33 bits per heavy atom. The fourth-order valence-electron chi connectivity index (χ4n) is 2.92. The highest BCUT2D eigenvalue weighted by Crippen LogP contribution is 2.40. The van der Waals surface area contributed by atoms with Crippen LogP contribution in [-0.2, 0) is 0 Å². The van der Waals surface area contributed by atoms with Crippen molar-refractivity contribution in [3.63, 3.8) is 0 Å². The Morgan fingerprint density at radius 2 is 2.25 bits per heavy atom. The average molecular weight is 322 g/mol. The Labute approximate surface area is 139 Å². The zero-order valence-electron chi connectivity index (χ0n) is 13.3. The molecule has 0 radical (unpaired) electrons. The van der Waals surface area contributed by atoms with Crippen molar-refractivity contribution in [2.24, 2.45) is 4.99 Å². The van der Waals surface area contributed by atoms with Crippen LogP contribution in [0.3, 0.4) is 0 Å². The van der Waals surface area contributed by atoms with Crippen LogP contribution in [0.1, 0.15) is 18.1 Å². The Hall–Kier alpha value is -2.77. The van der Waals surface area contributed by atoms with E-state index in [1.807, 2.05) is 30.1 Å². The molecule has 24 heavy (non-hydrogen) atoms. The summed E-state index contributed by atoms with van der Waals surface area (Å²) >= 11 is 0. The summed E-state index contributed by atoms with van der Waals surface area (Å²) < 4.78 is 0. The number of aliphatic hydroxyl groups is 1. The molecule has 0 fully saturated rings. The highest BCUT2D eigenvalue weighted by atomic mass is 16.3. The minimum Gasteiger partial charge on any atom is -0.395 e. The molecule has 7 heteroatoms. The van der Waals surface area contributed by atoms with Crippen molar-refractivity contribution in [1.29, 1.82) is 0 Å². The molecule has 0 spiro atoms. The smallest absolute Gasteiger partial charge is 0.139 e. The van der Waals surface area contributed by atoms with Crippen LogP contribution >= 0.6 is 0 Å². The number of pyridine rings is 2. The van der Waals surface area contributed by atoms with Crippen molar-refractivity contribution in [2.75, 3.05) is 18.5 Å². The third-order valence-corrected chi connectivity index (χ3v) is 4.06. The lowest BCUT2D eigenvalue weighted by atomic mass is 10.0. The highest BCUT2D eigenvalue weighted by Gasteiger charge is 2.26. The lowest BCUT2D eigenvalue weighted by Gasteiger charge is -2.29. The molecule has 122 valence electrons. The summed E-state index contributed by atoms with van der Waals surface area (Å²) in [6.07, 6.45) is 7.10. The van der Waals surface area contributed by atoms with Crippen molar-refractivity contribution in [3.05, 3.63) is 47.9 Å². The van der Waals surface area contributed by atoms with Gasteiger partial charge in [0.1, 0.15) is 12.2 Å². The maximum absolute atomic E-state index is 9.26. The molecule has 0 aromatic carbocycles. The van der Waals surface area contributed by atoms with E-state index in [0.29, 0.717) is 6.54 Å². The van der Waals surface area contributed by atoms with Crippen LogP contribution in [0.5, 0.6) is 0 Å². The van der Waals surface area contributed by atoms with Gasteiger partial charge in [0.15, 0.2) is 0 Å². The molecule has 0 amide bonds. The number of hydrogen-bond acceptors (Lipinski definition) is 7. The van der Waals surface area contributed by atoms with Gasteiger partial charge in [-0.25, -0.2) is 15.4 Å². The fourth-order valence-corrected chi connectivity index (χ4v) is 2.92. The van der Waals surface area contributed by atoms with E-state index in [9.17, 15) is 5.11 Å². The van der Waals surface area contributed by atoms with Crippen LogP contribution in [0.2, 0.25) is 0 Å². The van der Waals surface area contributed by atoms with E-state index in [1.54, 1.807) is 24.9 Å². The van der Waals surface area contributed by atoms with Gasteiger partial charge in [-0.2, -0.15) is 0 Å². The van der Waals surface area contributed by atoms with E-state index in [-0.39, 0.29) is 12.6 Å². The van der Waals surface area contributed by atoms with Gasteiger partial charge in [0.2, 0.25) is 0 Å². The predicted molar refractivity (Wildman–Crippen MR) is 93.5 cm³/mol. The van der Waals surface area contributed by atoms with Gasteiger partial charge < -0.3 is 10.4 Å². The van der Waals surface area contributed by atoms with Gasteiger partial charge in [-0.05, 0) is 25.1 Å². The zero-order chi connectivity index (χ0) is 16.5. The van der Waals surface area contributed by atoms with Crippen molar-refractivity contribution in [3.8, 4) is 0 Å². The minimum absolute atomic E-state index is 0.0478. The number of anilines is 2. The van der Waals surface area contributed by atoms with Crippen LogP contribution in [0.4, 0.5) is 11.5 Å². The van der Waals surface area contributed by atoms with E-state index in [2.05, 4.69) is 25.7 Å². The number of aromatic nitrogens is 2. The van der Waals surface area contributed by atoms with Crippen molar-refractivity contribution in [2.45, 2.75) is 13.0 Å². The summed E-state index contributed by atoms with van der Waals surface area (Å²) in [5, 5.41) is 14.5. The number of aliphatic imine (C=N–C) groups is 1. The topological polar surface area (TPSA) is 85.7 Å². The molecule has 2 aromatic heterocycles. The van der Waals surface area contributed by atoms with Gasteiger partial charge >= 0.3 is 0 Å². The monoisotopic (exact) mass is 322 g/mol. The number of rotatable bonds is 3. The second kappa shape index (κ2) is 6.03. The van der Waals surface area contributed by atoms with E-state index >= 15 is 0 Å². The molecule has 4 rings (SSSR count). The van der Waals surface area contributed by atoms with Crippen LogP contribution in [-0.4, -0.2) is 45.6 Å². The minimum atomic E-state index is -0.0478. The summed E-state index contributed by atoms with van der Waals surface area (Å²) in [6, 6.07) is 5.86. The van der Waals surface area contributed by atoms with Gasteiger partial charge in [-0.3, -0.25) is 9.99 Å². The second-order valence-corrected chi connectivity index (χ2v) is 5.86. The van der Waals surface area contributed by atoms with Gasteiger partial charge in [0.05, 0.1) is 30.7 Å². The van der Waals surface area contributed by atoms with E-state index in [4.69, 9.17) is 0 Å². The van der Waals surface area contributed by atoms with Crippen molar-refractivity contribution < 1.29 is 5.11 Å². The highest BCUT2D eigenvalue weighted by molar-refractivity contribution is 6.02. The summed E-state index contributed by atoms with van der Waals surface area (Å²) in [5.74, 6) is 0.777. The van der Waals surface area contributed by atoms with Gasteiger partial charge in [-0.15, -0.1) is 0 Å². The third-order valence-electron chi connectivity index (χ3n) is 4.06. The molecule has 3 N–H and O–H groups in total. The SMILES string of the molecule is CC(CO)NN1C=NC2=C(C1)c1ccncc1Nc1ncccc12. The Morgan fingerprint density at radius 3 is 3.12 bits per heavy atom. The summed E-state index contributed by atoms with van der Waals surface area (Å²) in [4.78, 5) is 13.3. The standard InChI is InChI=1S/C17H18N6O/c1-11(9-24)22-23-8-14-12-4-6-18-7-15(12)21-17-13(3-2-5-19-17)16(14)20-10-23/h2-7,10-11,22,24H,8-9H2,1H3,(H,19,21). The predicted octanol–water partition coefficient (Wildman–Crippen LogP) is 1.63. The largest absolute Gasteiger partial charge is 0.395 e. The molecule has 1 unspecified atom stereocenters. The number of hydrogen-bond donors (Lipinski definition) is 3. The van der Waals surface area contributed by atoms with E-state index in [0.717, 1.165) is 33.9 Å². The normalized spacial score (nSPS) is 16.7. The first-order valence-electron chi connectivity index (χ1n) is 7.84. The first kappa shape index (κ1) is 14.8. The number of fused-ring (bicyclic) bond motifs is 4. The molecule has 0 saturated heterocycles. The quantitative estimate of drug-likeness (QED) is 0.796. The molecular formula is C17H18N6O. The van der Waals surface area contributed by atoms with Crippen LogP contribution < -0.4 is 10.7 Å².